The number of pyridine rings is 2. The summed E-state index contributed by atoms with van der Waals surface area (Å²) in [4.78, 5) is 21.5. The number of carbonyl (C=O) groups excluding carboxylic acids is 1. The molecule has 9 heteroatoms. The summed E-state index contributed by atoms with van der Waals surface area (Å²) in [6, 6.07) is 8.73. The number of ketones is 1. The highest BCUT2D eigenvalue weighted by Crippen LogP contribution is 2.54. The normalized spacial score (nSPS) is 16.5. The Bertz CT molecular complexity index is 1390. The molecule has 1 saturated carbocycles. The Hall–Kier alpha value is -3.20. The highest BCUT2D eigenvalue weighted by molar-refractivity contribution is 7.92. The first-order valence-electron chi connectivity index (χ1n) is 11.6. The Labute approximate surface area is 191 Å². The molecule has 3 heterocycles. The van der Waals surface area contributed by atoms with Crippen LogP contribution < -0.4 is 5.32 Å². The molecule has 0 aliphatic heterocycles. The third kappa shape index (κ3) is 4.25. The summed E-state index contributed by atoms with van der Waals surface area (Å²) in [5.74, 6) is -0.437. The minimum atomic E-state index is -3.42. The highest BCUT2D eigenvalue weighted by Gasteiger charge is 2.55. The lowest BCUT2D eigenvalue weighted by molar-refractivity contribution is 0.0983. The maximum Gasteiger partial charge on any atom is 0.184 e. The molecule has 1 fully saturated rings. The van der Waals surface area contributed by atoms with E-state index in [1.807, 2.05) is 19.1 Å². The SMILES string of the molecule is [2H]C([2H])([2H])CC(=O)c1nnc(Cc2cc(C)ccn2)cc1Nc1ncccc1C1(S(C)(=O)=O)CC1. The van der Waals surface area contributed by atoms with Crippen LogP contribution in [0, 0.1) is 6.92 Å². The second kappa shape index (κ2) is 8.38. The van der Waals surface area contributed by atoms with E-state index in [0.29, 0.717) is 30.5 Å². The average molecular weight is 455 g/mol. The van der Waals surface area contributed by atoms with Gasteiger partial charge < -0.3 is 5.32 Å². The number of aromatic nitrogens is 4. The van der Waals surface area contributed by atoms with Crippen molar-refractivity contribution in [2.75, 3.05) is 11.6 Å². The molecule has 3 aromatic rings. The molecule has 1 N–H and O–H groups in total. The number of nitrogens with one attached hydrogen (secondary N) is 1. The molecule has 0 saturated heterocycles. The number of hydrogen-bond acceptors (Lipinski definition) is 8. The summed E-state index contributed by atoms with van der Waals surface area (Å²) < 4.78 is 46.4. The maximum absolute atomic E-state index is 12.8. The Morgan fingerprint density at radius 2 is 1.97 bits per heavy atom. The first kappa shape index (κ1) is 18.4. The number of carbonyl (C=O) groups is 1. The highest BCUT2D eigenvalue weighted by atomic mass is 32.2. The lowest BCUT2D eigenvalue weighted by Gasteiger charge is -2.19. The van der Waals surface area contributed by atoms with Crippen molar-refractivity contribution in [3.05, 3.63) is 70.9 Å². The molecule has 0 spiro atoms. The zero-order valence-electron chi connectivity index (χ0n) is 20.8. The minimum Gasteiger partial charge on any atom is -0.338 e. The van der Waals surface area contributed by atoms with Gasteiger partial charge in [0.15, 0.2) is 21.3 Å². The second-order valence-electron chi connectivity index (χ2n) is 7.99. The van der Waals surface area contributed by atoms with E-state index in [2.05, 4.69) is 25.5 Å². The van der Waals surface area contributed by atoms with Gasteiger partial charge in [0.1, 0.15) is 10.6 Å². The topological polar surface area (TPSA) is 115 Å². The summed E-state index contributed by atoms with van der Waals surface area (Å²) in [6.07, 6.45) is 4.96. The zero-order chi connectivity index (χ0) is 25.4. The van der Waals surface area contributed by atoms with E-state index in [-0.39, 0.29) is 17.2 Å². The maximum atomic E-state index is 12.8. The minimum absolute atomic E-state index is 0.150. The Morgan fingerprint density at radius 3 is 2.66 bits per heavy atom. The summed E-state index contributed by atoms with van der Waals surface area (Å²) >= 11 is 0. The summed E-state index contributed by atoms with van der Waals surface area (Å²) in [7, 11) is -3.42. The van der Waals surface area contributed by atoms with Gasteiger partial charge in [-0.3, -0.25) is 9.78 Å². The van der Waals surface area contributed by atoms with E-state index in [0.717, 1.165) is 11.3 Å². The Morgan fingerprint density at radius 1 is 1.16 bits per heavy atom. The predicted octanol–water partition coefficient (Wildman–Crippen LogP) is 3.54. The molecule has 0 atom stereocenters. The van der Waals surface area contributed by atoms with Gasteiger partial charge in [0.25, 0.3) is 0 Å². The van der Waals surface area contributed by atoms with E-state index >= 15 is 0 Å². The largest absolute Gasteiger partial charge is 0.338 e. The molecule has 1 aliphatic carbocycles. The lowest BCUT2D eigenvalue weighted by Crippen LogP contribution is -2.21. The van der Waals surface area contributed by atoms with E-state index in [4.69, 9.17) is 4.11 Å². The predicted molar refractivity (Wildman–Crippen MR) is 122 cm³/mol. The van der Waals surface area contributed by atoms with E-state index in [1.165, 1.54) is 12.5 Å². The van der Waals surface area contributed by atoms with Crippen LogP contribution >= 0.6 is 0 Å². The zero-order valence-corrected chi connectivity index (χ0v) is 18.6. The molecule has 0 unspecified atom stereocenters. The molecule has 0 amide bonds. The molecule has 0 aromatic carbocycles. The molecular weight excluding hydrogens is 426 g/mol. The van der Waals surface area contributed by atoms with Gasteiger partial charge in [0.2, 0.25) is 0 Å². The number of sulfone groups is 1. The fourth-order valence-electron chi connectivity index (χ4n) is 3.74. The molecule has 8 nitrogen and oxygen atoms in total. The van der Waals surface area contributed by atoms with Gasteiger partial charge in [0, 0.05) is 46.9 Å². The third-order valence-electron chi connectivity index (χ3n) is 5.57. The van der Waals surface area contributed by atoms with Crippen LogP contribution in [0.4, 0.5) is 11.5 Å². The number of nitrogens with zero attached hydrogens (tertiary/aromatic N) is 4. The molecule has 0 radical (unpaired) electrons. The van der Waals surface area contributed by atoms with Crippen molar-refractivity contribution in [1.82, 2.24) is 20.2 Å². The van der Waals surface area contributed by atoms with Gasteiger partial charge in [-0.15, -0.1) is 5.10 Å². The first-order valence-corrected chi connectivity index (χ1v) is 12.0. The van der Waals surface area contributed by atoms with E-state index in [1.54, 1.807) is 24.4 Å². The van der Waals surface area contributed by atoms with E-state index < -0.39 is 33.6 Å². The molecule has 1 aliphatic rings. The van der Waals surface area contributed by atoms with Gasteiger partial charge >= 0.3 is 0 Å². The fraction of sp³-hybridized carbons (Fsp3) is 0.348. The monoisotopic (exact) mass is 454 g/mol. The molecule has 0 bridgehead atoms. The van der Waals surface area contributed by atoms with Crippen LogP contribution in [0.15, 0.2) is 42.7 Å². The van der Waals surface area contributed by atoms with Crippen molar-refractivity contribution in [1.29, 1.82) is 0 Å². The molecular formula is C23H25N5O3S. The lowest BCUT2D eigenvalue weighted by atomic mass is 10.1. The average Bonchev–Trinajstić information content (AvgIpc) is 3.55. The standard InChI is InChI=1S/C23H25N5O3S/c1-4-20(29)21-19(14-17(27-28-21)13-16-12-15(2)7-11-24-16)26-22-18(6-5-10-25-22)23(8-9-23)32(3,30)31/h5-7,10-12,14H,4,8-9,13H2,1-3H3,(H,25,26,27)/i1D3. The fourth-order valence-corrected chi connectivity index (χ4v) is 5.15. The number of anilines is 2. The van der Waals surface area contributed by atoms with Gasteiger partial charge in [-0.2, -0.15) is 5.10 Å². The molecule has 3 aromatic heterocycles. The van der Waals surface area contributed by atoms with Crippen molar-refractivity contribution in [3.8, 4) is 0 Å². The van der Waals surface area contributed by atoms with Crippen molar-refractivity contribution in [2.24, 2.45) is 0 Å². The number of Topliss-reactive ketones (excluding diaryl/α,β-unsaturated/α-hetero) is 1. The van der Waals surface area contributed by atoms with Crippen LogP contribution in [-0.4, -0.2) is 40.6 Å². The number of aryl methyl sites for hydroxylation is 1. The van der Waals surface area contributed by atoms with Crippen LogP contribution in [0.3, 0.4) is 0 Å². The molecule has 4 rings (SSSR count). The molecule has 166 valence electrons. The summed E-state index contributed by atoms with van der Waals surface area (Å²) in [5.41, 5.74) is 2.83. The van der Waals surface area contributed by atoms with Gasteiger partial charge in [-0.25, -0.2) is 13.4 Å². The summed E-state index contributed by atoms with van der Waals surface area (Å²) in [5, 5.41) is 11.2. The third-order valence-corrected chi connectivity index (χ3v) is 7.62. The van der Waals surface area contributed by atoms with E-state index in [9.17, 15) is 13.2 Å². The van der Waals surface area contributed by atoms with Crippen LogP contribution in [0.5, 0.6) is 0 Å². The Kier molecular flexibility index (Phi) is 4.82. The first-order chi connectivity index (χ1) is 16.4. The van der Waals surface area contributed by atoms with Crippen molar-refractivity contribution < 1.29 is 17.3 Å². The summed E-state index contributed by atoms with van der Waals surface area (Å²) in [6.45, 7) is -0.538. The van der Waals surface area contributed by atoms with Crippen molar-refractivity contribution >= 4 is 27.1 Å². The van der Waals surface area contributed by atoms with Crippen LogP contribution in [-0.2, 0) is 21.0 Å². The Balaban J connectivity index is 1.75. The van der Waals surface area contributed by atoms with Gasteiger partial charge in [-0.1, -0.05) is 12.9 Å². The van der Waals surface area contributed by atoms with Crippen molar-refractivity contribution in [3.63, 3.8) is 0 Å². The van der Waals surface area contributed by atoms with Crippen molar-refractivity contribution in [2.45, 2.75) is 44.2 Å². The second-order valence-corrected chi connectivity index (χ2v) is 10.3. The smallest absolute Gasteiger partial charge is 0.184 e. The number of hydrogen-bond donors (Lipinski definition) is 1. The molecule has 32 heavy (non-hydrogen) atoms. The quantitative estimate of drug-likeness (QED) is 0.514. The van der Waals surface area contributed by atoms with Crippen LogP contribution in [0.1, 0.15) is 63.2 Å². The van der Waals surface area contributed by atoms with Gasteiger partial charge in [0.05, 0.1) is 11.4 Å². The number of rotatable bonds is 8. The van der Waals surface area contributed by atoms with Crippen LogP contribution in [0.25, 0.3) is 0 Å². The van der Waals surface area contributed by atoms with Gasteiger partial charge in [-0.05, 0) is 49.6 Å². The van der Waals surface area contributed by atoms with Crippen LogP contribution in [0.2, 0.25) is 0 Å².